The van der Waals surface area contributed by atoms with Crippen LogP contribution in [-0.4, -0.2) is 28.1 Å². The smallest absolute Gasteiger partial charge is 0.316 e. The molecule has 7 heteroatoms. The van der Waals surface area contributed by atoms with E-state index in [2.05, 4.69) is 17.1 Å². The first kappa shape index (κ1) is 20.7. The molecule has 1 saturated carbocycles. The average molecular weight is 413 g/mol. The van der Waals surface area contributed by atoms with E-state index in [0.717, 1.165) is 63.0 Å². The number of nitrogens with zero attached hydrogens (tertiary/aromatic N) is 3. The number of anilines is 2. The molecule has 1 N–H and O–H groups in total. The summed E-state index contributed by atoms with van der Waals surface area (Å²) in [5.74, 6) is 0.791. The standard InChI is InChI=1S/C23H32N4O3/c1-15-7-9-16(10-8-15)21(28)24-17-13-19-20(26(3)23(30)22(29)25(19)2)14-18(17)27-11-5-4-6-12-27/h13-16H,4-12H2,1-3H3,(H,24,28). The van der Waals surface area contributed by atoms with Gasteiger partial charge >= 0.3 is 11.1 Å². The average Bonchev–Trinajstić information content (AvgIpc) is 2.77. The molecule has 2 aromatic rings. The van der Waals surface area contributed by atoms with E-state index in [1.54, 1.807) is 14.1 Å². The molecule has 30 heavy (non-hydrogen) atoms. The van der Waals surface area contributed by atoms with Crippen LogP contribution < -0.4 is 21.3 Å². The molecule has 0 radical (unpaired) electrons. The van der Waals surface area contributed by atoms with E-state index >= 15 is 0 Å². The number of benzene rings is 1. The van der Waals surface area contributed by atoms with Gasteiger partial charge in [-0.1, -0.05) is 6.92 Å². The topological polar surface area (TPSA) is 76.3 Å². The predicted octanol–water partition coefficient (Wildman–Crippen LogP) is 2.99. The van der Waals surface area contributed by atoms with Crippen LogP contribution in [0.3, 0.4) is 0 Å². The van der Waals surface area contributed by atoms with E-state index in [0.29, 0.717) is 17.0 Å². The first-order valence-corrected chi connectivity index (χ1v) is 11.2. The summed E-state index contributed by atoms with van der Waals surface area (Å²) in [7, 11) is 3.24. The first-order valence-electron chi connectivity index (χ1n) is 11.2. The highest BCUT2D eigenvalue weighted by Gasteiger charge is 2.26. The van der Waals surface area contributed by atoms with E-state index in [1.807, 2.05) is 12.1 Å². The summed E-state index contributed by atoms with van der Waals surface area (Å²) in [5, 5.41) is 3.18. The number of piperidine rings is 1. The van der Waals surface area contributed by atoms with Crippen LogP contribution in [0.2, 0.25) is 0 Å². The number of rotatable bonds is 3. The zero-order valence-electron chi connectivity index (χ0n) is 18.2. The number of amides is 1. The van der Waals surface area contributed by atoms with Gasteiger partial charge in [-0.15, -0.1) is 0 Å². The van der Waals surface area contributed by atoms with Crippen molar-refractivity contribution in [3.05, 3.63) is 32.8 Å². The maximum absolute atomic E-state index is 13.1. The third kappa shape index (κ3) is 3.77. The Morgan fingerprint density at radius 2 is 1.47 bits per heavy atom. The second kappa shape index (κ2) is 8.28. The van der Waals surface area contributed by atoms with E-state index in [-0.39, 0.29) is 11.8 Å². The Hall–Kier alpha value is -2.57. The lowest BCUT2D eigenvalue weighted by Crippen LogP contribution is -2.39. The minimum absolute atomic E-state index is 0.0371. The summed E-state index contributed by atoms with van der Waals surface area (Å²) in [6, 6.07) is 3.82. The van der Waals surface area contributed by atoms with Crippen molar-refractivity contribution in [3.63, 3.8) is 0 Å². The zero-order chi connectivity index (χ0) is 21.4. The van der Waals surface area contributed by atoms with E-state index < -0.39 is 11.1 Å². The molecule has 0 atom stereocenters. The van der Waals surface area contributed by atoms with Crippen LogP contribution in [0.4, 0.5) is 11.4 Å². The SMILES string of the molecule is CC1CCC(C(=O)Nc2cc3c(cc2N2CCCCC2)n(C)c(=O)c(=O)n3C)CC1. The van der Waals surface area contributed by atoms with Crippen molar-refractivity contribution < 1.29 is 4.79 Å². The Balaban J connectivity index is 1.78. The van der Waals surface area contributed by atoms with Gasteiger partial charge in [0.1, 0.15) is 0 Å². The molecule has 2 heterocycles. The van der Waals surface area contributed by atoms with Gasteiger partial charge in [0.25, 0.3) is 0 Å². The molecule has 1 aliphatic carbocycles. The molecular formula is C23H32N4O3. The molecule has 1 aromatic heterocycles. The molecule has 162 valence electrons. The number of carbonyl (C=O) groups excluding carboxylic acids is 1. The summed E-state index contributed by atoms with van der Waals surface area (Å²) in [4.78, 5) is 40.0. The summed E-state index contributed by atoms with van der Waals surface area (Å²) >= 11 is 0. The van der Waals surface area contributed by atoms with Crippen molar-refractivity contribution in [1.82, 2.24) is 9.13 Å². The zero-order valence-corrected chi connectivity index (χ0v) is 18.2. The molecule has 7 nitrogen and oxygen atoms in total. The van der Waals surface area contributed by atoms with Crippen molar-refractivity contribution in [3.8, 4) is 0 Å². The minimum Gasteiger partial charge on any atom is -0.370 e. The molecule has 4 rings (SSSR count). The third-order valence-corrected chi connectivity index (χ3v) is 6.95. The molecule has 1 aromatic carbocycles. The lowest BCUT2D eigenvalue weighted by atomic mass is 9.82. The number of aromatic nitrogens is 2. The van der Waals surface area contributed by atoms with Gasteiger partial charge in [0, 0.05) is 33.1 Å². The normalized spacial score (nSPS) is 22.3. The molecule has 0 bridgehead atoms. The van der Waals surface area contributed by atoms with Crippen molar-refractivity contribution in [2.45, 2.75) is 51.9 Å². The molecule has 1 amide bonds. The van der Waals surface area contributed by atoms with Crippen LogP contribution in [0, 0.1) is 11.8 Å². The van der Waals surface area contributed by atoms with Gasteiger partial charge in [0.05, 0.1) is 22.4 Å². The van der Waals surface area contributed by atoms with Gasteiger partial charge < -0.3 is 19.4 Å². The fourth-order valence-corrected chi connectivity index (χ4v) is 4.86. The van der Waals surface area contributed by atoms with Crippen molar-refractivity contribution in [2.24, 2.45) is 25.9 Å². The van der Waals surface area contributed by atoms with Crippen molar-refractivity contribution >= 4 is 28.3 Å². The Morgan fingerprint density at radius 3 is 2.07 bits per heavy atom. The molecule has 2 aliphatic rings. The highest BCUT2D eigenvalue weighted by Crippen LogP contribution is 2.34. The lowest BCUT2D eigenvalue weighted by Gasteiger charge is -2.32. The van der Waals surface area contributed by atoms with Gasteiger partial charge in [-0.05, 0) is 63.0 Å². The Morgan fingerprint density at radius 1 is 0.900 bits per heavy atom. The summed E-state index contributed by atoms with van der Waals surface area (Å²) in [6.45, 7) is 4.10. The summed E-state index contributed by atoms with van der Waals surface area (Å²) < 4.78 is 2.80. The van der Waals surface area contributed by atoms with Crippen molar-refractivity contribution in [1.29, 1.82) is 0 Å². The molecule has 1 saturated heterocycles. The van der Waals surface area contributed by atoms with Crippen LogP contribution in [0.15, 0.2) is 21.7 Å². The van der Waals surface area contributed by atoms with Gasteiger partial charge in [0.15, 0.2) is 0 Å². The number of nitrogens with one attached hydrogen (secondary N) is 1. The molecule has 2 fully saturated rings. The second-order valence-electron chi connectivity index (χ2n) is 9.08. The fourth-order valence-electron chi connectivity index (χ4n) is 4.86. The predicted molar refractivity (Wildman–Crippen MR) is 120 cm³/mol. The first-order chi connectivity index (χ1) is 14.4. The van der Waals surface area contributed by atoms with Crippen LogP contribution in [0.1, 0.15) is 51.9 Å². The Labute approximate surface area is 176 Å². The van der Waals surface area contributed by atoms with Crippen LogP contribution in [0.25, 0.3) is 11.0 Å². The van der Waals surface area contributed by atoms with Crippen molar-refractivity contribution in [2.75, 3.05) is 23.3 Å². The van der Waals surface area contributed by atoms with Crippen LogP contribution in [0.5, 0.6) is 0 Å². The molecule has 0 unspecified atom stereocenters. The van der Waals surface area contributed by atoms with Gasteiger partial charge in [-0.25, -0.2) is 0 Å². The fraction of sp³-hybridized carbons (Fsp3) is 0.609. The van der Waals surface area contributed by atoms with E-state index in [4.69, 9.17) is 0 Å². The van der Waals surface area contributed by atoms with Crippen LogP contribution >= 0.6 is 0 Å². The third-order valence-electron chi connectivity index (χ3n) is 6.95. The Bertz CT molecular complexity index is 1070. The lowest BCUT2D eigenvalue weighted by molar-refractivity contribution is -0.121. The number of carbonyl (C=O) groups is 1. The van der Waals surface area contributed by atoms with Gasteiger partial charge in [-0.3, -0.25) is 14.4 Å². The van der Waals surface area contributed by atoms with Gasteiger partial charge in [-0.2, -0.15) is 0 Å². The quantitative estimate of drug-likeness (QED) is 0.787. The summed E-state index contributed by atoms with van der Waals surface area (Å²) in [6.07, 6.45) is 7.45. The molecular weight excluding hydrogens is 380 g/mol. The number of hydrogen-bond acceptors (Lipinski definition) is 4. The summed E-state index contributed by atoms with van der Waals surface area (Å²) in [5.41, 5.74) is 1.93. The van der Waals surface area contributed by atoms with E-state index in [9.17, 15) is 14.4 Å². The maximum atomic E-state index is 13.1. The molecule has 0 spiro atoms. The van der Waals surface area contributed by atoms with Gasteiger partial charge in [0.2, 0.25) is 5.91 Å². The molecule has 1 aliphatic heterocycles. The highest BCUT2D eigenvalue weighted by atomic mass is 16.2. The number of aryl methyl sites for hydroxylation is 2. The maximum Gasteiger partial charge on any atom is 0.316 e. The Kier molecular flexibility index (Phi) is 5.71. The van der Waals surface area contributed by atoms with Crippen LogP contribution in [-0.2, 0) is 18.9 Å². The number of fused-ring (bicyclic) bond motifs is 1. The second-order valence-corrected chi connectivity index (χ2v) is 9.08. The number of hydrogen-bond donors (Lipinski definition) is 1. The monoisotopic (exact) mass is 412 g/mol. The van der Waals surface area contributed by atoms with E-state index in [1.165, 1.54) is 15.6 Å². The minimum atomic E-state index is -0.561. The largest absolute Gasteiger partial charge is 0.370 e. The highest BCUT2D eigenvalue weighted by molar-refractivity contribution is 5.99.